The van der Waals surface area contributed by atoms with Crippen LogP contribution in [0.15, 0.2) is 36.5 Å². The lowest BCUT2D eigenvalue weighted by molar-refractivity contribution is 0.0826. The van der Waals surface area contributed by atoms with Crippen LogP contribution in [0.25, 0.3) is 11.3 Å². The predicted molar refractivity (Wildman–Crippen MR) is 111 cm³/mol. The largest absolute Gasteiger partial charge is 0.381 e. The summed E-state index contributed by atoms with van der Waals surface area (Å²) >= 11 is 0. The molecule has 2 aromatic heterocycles. The summed E-state index contributed by atoms with van der Waals surface area (Å²) in [5, 5.41) is 19.1. The lowest BCUT2D eigenvalue weighted by atomic mass is 9.99. The van der Waals surface area contributed by atoms with Crippen LogP contribution < -0.4 is 5.32 Å². The van der Waals surface area contributed by atoms with Crippen LogP contribution in [0.1, 0.15) is 53.6 Å². The smallest absolute Gasteiger partial charge is 0.251 e. The van der Waals surface area contributed by atoms with Crippen molar-refractivity contribution in [2.75, 3.05) is 13.2 Å². The number of nitrogens with one attached hydrogen (secondary N) is 2. The number of ether oxygens (including phenoxy) is 1. The summed E-state index contributed by atoms with van der Waals surface area (Å²) in [5.41, 5.74) is 2.62. The van der Waals surface area contributed by atoms with Crippen molar-refractivity contribution in [3.05, 3.63) is 53.7 Å². The average molecular weight is 406 g/mol. The van der Waals surface area contributed by atoms with E-state index in [1.807, 2.05) is 30.3 Å². The van der Waals surface area contributed by atoms with E-state index in [-0.39, 0.29) is 11.9 Å². The van der Waals surface area contributed by atoms with E-state index in [1.165, 1.54) is 0 Å². The number of fused-ring (bicyclic) bond motifs is 1. The van der Waals surface area contributed by atoms with Crippen molar-refractivity contribution in [2.24, 2.45) is 0 Å². The minimum Gasteiger partial charge on any atom is -0.381 e. The molecule has 0 spiro atoms. The molecular weight excluding hydrogens is 380 g/mol. The molecule has 1 aromatic carbocycles. The number of carbonyl (C=O) groups excluding carboxylic acids is 1. The average Bonchev–Trinajstić information content (AvgIpc) is 3.43. The van der Waals surface area contributed by atoms with Gasteiger partial charge in [-0.1, -0.05) is 12.1 Å². The lowest BCUT2D eigenvalue weighted by Crippen LogP contribution is -2.35. The van der Waals surface area contributed by atoms with Gasteiger partial charge in [0.1, 0.15) is 11.6 Å². The van der Waals surface area contributed by atoms with Gasteiger partial charge < -0.3 is 14.6 Å². The molecule has 4 heterocycles. The van der Waals surface area contributed by atoms with E-state index >= 15 is 0 Å². The van der Waals surface area contributed by atoms with Crippen LogP contribution in [0, 0.1) is 0 Å². The van der Waals surface area contributed by atoms with Crippen LogP contribution in [0.2, 0.25) is 0 Å². The molecule has 0 radical (unpaired) electrons. The quantitative estimate of drug-likeness (QED) is 0.694. The number of hydrogen-bond acceptors (Lipinski definition) is 5. The fraction of sp³-hybridized carbons (Fsp3) is 0.455. The highest BCUT2D eigenvalue weighted by Gasteiger charge is 2.26. The van der Waals surface area contributed by atoms with E-state index in [0.29, 0.717) is 11.5 Å². The first-order valence-electron chi connectivity index (χ1n) is 10.7. The molecule has 2 aliphatic heterocycles. The Morgan fingerprint density at radius 1 is 1.07 bits per heavy atom. The molecule has 0 aliphatic carbocycles. The zero-order valence-corrected chi connectivity index (χ0v) is 16.9. The number of hydrogen-bond donors (Lipinski definition) is 2. The molecule has 8 nitrogen and oxygen atoms in total. The van der Waals surface area contributed by atoms with Gasteiger partial charge in [-0.05, 0) is 49.4 Å². The van der Waals surface area contributed by atoms with Crippen molar-refractivity contribution in [3.63, 3.8) is 0 Å². The molecule has 8 heteroatoms. The fourth-order valence-electron chi connectivity index (χ4n) is 4.40. The van der Waals surface area contributed by atoms with Gasteiger partial charge in [-0.2, -0.15) is 5.10 Å². The van der Waals surface area contributed by atoms with Gasteiger partial charge in [-0.15, -0.1) is 10.2 Å². The number of aryl methyl sites for hydroxylation is 1. The maximum absolute atomic E-state index is 12.8. The first-order chi connectivity index (χ1) is 14.8. The predicted octanol–water partition coefficient (Wildman–Crippen LogP) is 2.70. The Bertz CT molecular complexity index is 989. The maximum atomic E-state index is 12.8. The Balaban J connectivity index is 1.22. The second-order valence-electron chi connectivity index (χ2n) is 8.06. The third-order valence-electron chi connectivity index (χ3n) is 6.15. The molecule has 30 heavy (non-hydrogen) atoms. The van der Waals surface area contributed by atoms with Crippen molar-refractivity contribution >= 4 is 5.91 Å². The topological polar surface area (TPSA) is 97.7 Å². The van der Waals surface area contributed by atoms with E-state index in [1.54, 1.807) is 6.20 Å². The minimum absolute atomic E-state index is 0.0292. The van der Waals surface area contributed by atoms with Gasteiger partial charge in [0.25, 0.3) is 5.91 Å². The van der Waals surface area contributed by atoms with Gasteiger partial charge in [0.15, 0.2) is 0 Å². The van der Waals surface area contributed by atoms with E-state index < -0.39 is 0 Å². The molecule has 1 saturated heterocycles. The molecule has 1 amide bonds. The molecule has 0 bridgehead atoms. The second-order valence-corrected chi connectivity index (χ2v) is 8.06. The van der Waals surface area contributed by atoms with Crippen LogP contribution in [0.5, 0.6) is 0 Å². The molecule has 1 unspecified atom stereocenters. The third kappa shape index (κ3) is 3.87. The molecule has 5 rings (SSSR count). The summed E-state index contributed by atoms with van der Waals surface area (Å²) < 4.78 is 7.77. The van der Waals surface area contributed by atoms with Gasteiger partial charge >= 0.3 is 0 Å². The van der Waals surface area contributed by atoms with E-state index in [2.05, 4.69) is 30.3 Å². The molecule has 0 saturated carbocycles. The first kappa shape index (κ1) is 19.0. The summed E-state index contributed by atoms with van der Waals surface area (Å²) in [4.78, 5) is 12.8. The Labute approximate surface area is 175 Å². The highest BCUT2D eigenvalue weighted by Crippen LogP contribution is 2.28. The van der Waals surface area contributed by atoms with Crippen molar-refractivity contribution in [1.29, 1.82) is 0 Å². The summed E-state index contributed by atoms with van der Waals surface area (Å²) in [6.07, 6.45) is 6.33. The zero-order valence-electron chi connectivity index (χ0n) is 16.9. The molecule has 1 atom stereocenters. The second kappa shape index (κ2) is 8.39. The van der Waals surface area contributed by atoms with Crippen LogP contribution in [0.4, 0.5) is 0 Å². The zero-order chi connectivity index (χ0) is 20.3. The summed E-state index contributed by atoms with van der Waals surface area (Å²) in [6.45, 7) is 2.44. The van der Waals surface area contributed by atoms with Gasteiger partial charge in [0, 0.05) is 49.9 Å². The number of rotatable bonds is 4. The number of carbonyl (C=O) groups is 1. The Hall–Kier alpha value is -3.00. The minimum atomic E-state index is -0.0292. The molecule has 1 fully saturated rings. The highest BCUT2D eigenvalue weighted by molar-refractivity contribution is 5.94. The van der Waals surface area contributed by atoms with E-state index in [9.17, 15) is 4.79 Å². The lowest BCUT2D eigenvalue weighted by Gasteiger charge is -2.22. The molecule has 3 aromatic rings. The van der Waals surface area contributed by atoms with Crippen LogP contribution in [-0.2, 0) is 17.7 Å². The van der Waals surface area contributed by atoms with Crippen molar-refractivity contribution in [3.8, 4) is 11.3 Å². The van der Waals surface area contributed by atoms with Crippen molar-refractivity contribution < 1.29 is 9.53 Å². The Morgan fingerprint density at radius 3 is 2.67 bits per heavy atom. The van der Waals surface area contributed by atoms with Gasteiger partial charge in [-0.3, -0.25) is 9.89 Å². The van der Waals surface area contributed by atoms with Crippen LogP contribution in [0.3, 0.4) is 0 Å². The van der Waals surface area contributed by atoms with Crippen molar-refractivity contribution in [2.45, 2.75) is 50.6 Å². The van der Waals surface area contributed by atoms with Gasteiger partial charge in [0.05, 0.1) is 5.69 Å². The standard InChI is InChI=1S/C22H26N6O2/c29-22(17-3-1-15(2-4-17)19-7-11-23-25-19)24-18-5-6-20-26-27-21(28(20)12-8-18)16-9-13-30-14-10-16/h1-4,7,11,16,18H,5-6,8-10,12-14H2,(H,23,25)(H,24,29). The normalized spacial score (nSPS) is 19.8. The molecule has 156 valence electrons. The first-order valence-corrected chi connectivity index (χ1v) is 10.7. The van der Waals surface area contributed by atoms with Crippen LogP contribution in [-0.4, -0.2) is 50.1 Å². The van der Waals surface area contributed by atoms with E-state index in [4.69, 9.17) is 4.74 Å². The van der Waals surface area contributed by atoms with E-state index in [0.717, 1.165) is 74.8 Å². The number of nitrogens with zero attached hydrogens (tertiary/aromatic N) is 4. The molecule has 2 N–H and O–H groups in total. The number of amides is 1. The maximum Gasteiger partial charge on any atom is 0.251 e. The number of H-pyrrole nitrogens is 1. The monoisotopic (exact) mass is 406 g/mol. The highest BCUT2D eigenvalue weighted by atomic mass is 16.5. The SMILES string of the molecule is O=C(NC1CCc2nnc(C3CCOCC3)n2CC1)c1ccc(-c2ccn[nH]2)cc1. The fourth-order valence-corrected chi connectivity index (χ4v) is 4.40. The van der Waals surface area contributed by atoms with Gasteiger partial charge in [0.2, 0.25) is 0 Å². The van der Waals surface area contributed by atoms with Crippen LogP contribution >= 0.6 is 0 Å². The summed E-state index contributed by atoms with van der Waals surface area (Å²) in [6, 6.07) is 9.65. The number of benzene rings is 1. The Kier molecular flexibility index (Phi) is 5.31. The Morgan fingerprint density at radius 2 is 1.90 bits per heavy atom. The van der Waals surface area contributed by atoms with Gasteiger partial charge in [-0.25, -0.2) is 0 Å². The van der Waals surface area contributed by atoms with Crippen molar-refractivity contribution in [1.82, 2.24) is 30.3 Å². The summed E-state index contributed by atoms with van der Waals surface area (Å²) in [5.74, 6) is 2.53. The molecule has 2 aliphatic rings. The summed E-state index contributed by atoms with van der Waals surface area (Å²) in [7, 11) is 0. The molecular formula is C22H26N6O2. The third-order valence-corrected chi connectivity index (χ3v) is 6.15. The number of aromatic nitrogens is 5. The number of aromatic amines is 1.